The van der Waals surface area contributed by atoms with E-state index >= 15 is 0 Å². The third kappa shape index (κ3) is 3.18. The summed E-state index contributed by atoms with van der Waals surface area (Å²) in [6.07, 6.45) is -0.529. The molecular weight excluding hydrogens is 246 g/mol. The summed E-state index contributed by atoms with van der Waals surface area (Å²) in [5.74, 6) is -0.159. The lowest BCUT2D eigenvalue weighted by Crippen LogP contribution is -2.30. The Balaban J connectivity index is 2.06. The van der Waals surface area contributed by atoms with Gasteiger partial charge in [0, 0.05) is 12.1 Å². The first-order valence-electron chi connectivity index (χ1n) is 5.75. The summed E-state index contributed by atoms with van der Waals surface area (Å²) in [5.41, 5.74) is 2.87. The van der Waals surface area contributed by atoms with Gasteiger partial charge in [-0.15, -0.1) is 0 Å². The number of benzene rings is 1. The van der Waals surface area contributed by atoms with Crippen molar-refractivity contribution in [2.75, 3.05) is 6.54 Å². The van der Waals surface area contributed by atoms with Gasteiger partial charge in [-0.05, 0) is 47.0 Å². The molecule has 1 heterocycles. The van der Waals surface area contributed by atoms with Crippen molar-refractivity contribution in [3.8, 4) is 11.1 Å². The summed E-state index contributed by atoms with van der Waals surface area (Å²) in [7, 11) is 0. The zero-order chi connectivity index (χ0) is 13.0. The number of hydrogen-bond donors (Lipinski definition) is 2. The van der Waals surface area contributed by atoms with E-state index in [4.69, 9.17) is 5.11 Å². The average Bonchev–Trinajstić information content (AvgIpc) is 2.90. The van der Waals surface area contributed by atoms with E-state index in [1.54, 1.807) is 30.4 Å². The zero-order valence-electron chi connectivity index (χ0n) is 10.1. The molecule has 1 unspecified atom stereocenters. The van der Waals surface area contributed by atoms with Gasteiger partial charge in [0.2, 0.25) is 0 Å². The number of amides is 1. The van der Waals surface area contributed by atoms with Crippen LogP contribution >= 0.6 is 11.3 Å². The highest BCUT2D eigenvalue weighted by Crippen LogP contribution is 2.22. The van der Waals surface area contributed by atoms with Crippen LogP contribution in [0.25, 0.3) is 11.1 Å². The minimum atomic E-state index is -0.529. The maximum atomic E-state index is 11.7. The second-order valence-electron chi connectivity index (χ2n) is 4.15. The Morgan fingerprint density at radius 2 is 2.00 bits per heavy atom. The predicted molar refractivity (Wildman–Crippen MR) is 73.8 cm³/mol. The molecule has 4 heteroatoms. The fraction of sp³-hybridized carbons (Fsp3) is 0.214. The number of aliphatic hydroxyl groups is 1. The van der Waals surface area contributed by atoms with Gasteiger partial charge in [-0.1, -0.05) is 12.1 Å². The standard InChI is InChI=1S/C14H15NO2S/c1-10(16)8-15-14(17)12-4-2-11(3-5-12)13-6-7-18-9-13/h2-7,9-10,16H,8H2,1H3,(H,15,17). The highest BCUT2D eigenvalue weighted by molar-refractivity contribution is 7.08. The first-order chi connectivity index (χ1) is 8.66. The van der Waals surface area contributed by atoms with Crippen LogP contribution in [0.15, 0.2) is 41.1 Å². The second-order valence-corrected chi connectivity index (χ2v) is 4.93. The van der Waals surface area contributed by atoms with E-state index in [1.807, 2.05) is 23.6 Å². The van der Waals surface area contributed by atoms with Gasteiger partial charge in [0.1, 0.15) is 0 Å². The monoisotopic (exact) mass is 261 g/mol. The molecule has 1 amide bonds. The predicted octanol–water partition coefficient (Wildman–Crippen LogP) is 2.53. The minimum Gasteiger partial charge on any atom is -0.392 e. The number of nitrogens with one attached hydrogen (secondary N) is 1. The molecule has 0 spiro atoms. The van der Waals surface area contributed by atoms with Crippen LogP contribution in [0.1, 0.15) is 17.3 Å². The third-order valence-corrected chi connectivity index (χ3v) is 3.24. The average molecular weight is 261 g/mol. The Bertz CT molecular complexity index is 503. The van der Waals surface area contributed by atoms with E-state index in [-0.39, 0.29) is 12.5 Å². The van der Waals surface area contributed by atoms with E-state index in [2.05, 4.69) is 10.7 Å². The Labute approximate surface area is 110 Å². The Morgan fingerprint density at radius 3 is 2.56 bits per heavy atom. The van der Waals surface area contributed by atoms with Gasteiger partial charge in [-0.3, -0.25) is 4.79 Å². The van der Waals surface area contributed by atoms with Crippen LogP contribution in [0.5, 0.6) is 0 Å². The van der Waals surface area contributed by atoms with Gasteiger partial charge in [0.15, 0.2) is 0 Å². The number of hydrogen-bond acceptors (Lipinski definition) is 3. The molecule has 0 fully saturated rings. The molecule has 0 saturated heterocycles. The maximum absolute atomic E-state index is 11.7. The van der Waals surface area contributed by atoms with E-state index in [0.29, 0.717) is 5.56 Å². The molecule has 18 heavy (non-hydrogen) atoms. The van der Waals surface area contributed by atoms with Crippen LogP contribution in [-0.2, 0) is 0 Å². The van der Waals surface area contributed by atoms with Crippen molar-refractivity contribution in [3.05, 3.63) is 46.7 Å². The molecule has 0 bridgehead atoms. The summed E-state index contributed by atoms with van der Waals surface area (Å²) < 4.78 is 0. The Hall–Kier alpha value is -1.65. The highest BCUT2D eigenvalue weighted by Gasteiger charge is 2.06. The quantitative estimate of drug-likeness (QED) is 0.888. The summed E-state index contributed by atoms with van der Waals surface area (Å²) in [6, 6.07) is 9.50. The van der Waals surface area contributed by atoms with Gasteiger partial charge < -0.3 is 10.4 Å². The largest absolute Gasteiger partial charge is 0.392 e. The molecule has 1 aromatic carbocycles. The van der Waals surface area contributed by atoms with Crippen LogP contribution in [0, 0.1) is 0 Å². The van der Waals surface area contributed by atoms with Crippen molar-refractivity contribution in [1.82, 2.24) is 5.32 Å². The van der Waals surface area contributed by atoms with Gasteiger partial charge in [0.05, 0.1) is 6.10 Å². The Kier molecular flexibility index (Phi) is 4.12. The normalized spacial score (nSPS) is 12.1. The van der Waals surface area contributed by atoms with E-state index < -0.39 is 6.10 Å². The molecule has 2 aromatic rings. The summed E-state index contributed by atoms with van der Waals surface area (Å²) in [5, 5.41) is 15.9. The SMILES string of the molecule is CC(O)CNC(=O)c1ccc(-c2ccsc2)cc1. The number of carbonyl (C=O) groups is 1. The van der Waals surface area contributed by atoms with Crippen molar-refractivity contribution in [3.63, 3.8) is 0 Å². The lowest BCUT2D eigenvalue weighted by atomic mass is 10.1. The van der Waals surface area contributed by atoms with Gasteiger partial charge >= 0.3 is 0 Å². The maximum Gasteiger partial charge on any atom is 0.251 e. The zero-order valence-corrected chi connectivity index (χ0v) is 10.9. The van der Waals surface area contributed by atoms with Crippen molar-refractivity contribution >= 4 is 17.2 Å². The van der Waals surface area contributed by atoms with Crippen molar-refractivity contribution in [2.45, 2.75) is 13.0 Å². The fourth-order valence-electron chi connectivity index (χ4n) is 1.59. The molecule has 0 radical (unpaired) electrons. The molecular formula is C14H15NO2S. The van der Waals surface area contributed by atoms with Crippen molar-refractivity contribution in [2.24, 2.45) is 0 Å². The molecule has 0 aliphatic heterocycles. The molecule has 1 aromatic heterocycles. The first kappa shape index (κ1) is 12.8. The van der Waals surface area contributed by atoms with Crippen LogP contribution < -0.4 is 5.32 Å². The van der Waals surface area contributed by atoms with Gasteiger partial charge in [-0.2, -0.15) is 11.3 Å². The van der Waals surface area contributed by atoms with Crippen molar-refractivity contribution in [1.29, 1.82) is 0 Å². The van der Waals surface area contributed by atoms with Crippen LogP contribution in [0.4, 0.5) is 0 Å². The van der Waals surface area contributed by atoms with Crippen molar-refractivity contribution < 1.29 is 9.90 Å². The number of thiophene rings is 1. The van der Waals surface area contributed by atoms with Crippen LogP contribution in [0.3, 0.4) is 0 Å². The molecule has 94 valence electrons. The number of rotatable bonds is 4. The Morgan fingerprint density at radius 1 is 1.28 bits per heavy atom. The minimum absolute atomic E-state index is 0.159. The first-order valence-corrected chi connectivity index (χ1v) is 6.70. The summed E-state index contributed by atoms with van der Waals surface area (Å²) in [6.45, 7) is 1.91. The van der Waals surface area contributed by atoms with E-state index in [1.165, 1.54) is 0 Å². The molecule has 2 rings (SSSR count). The molecule has 1 atom stereocenters. The topological polar surface area (TPSA) is 49.3 Å². The molecule has 0 aliphatic carbocycles. The number of aliphatic hydroxyl groups excluding tert-OH is 1. The van der Waals surface area contributed by atoms with Crippen LogP contribution in [-0.4, -0.2) is 23.7 Å². The summed E-state index contributed by atoms with van der Waals surface area (Å²) >= 11 is 1.65. The van der Waals surface area contributed by atoms with E-state index in [0.717, 1.165) is 11.1 Å². The molecule has 0 aliphatic rings. The lowest BCUT2D eigenvalue weighted by Gasteiger charge is -2.07. The molecule has 2 N–H and O–H groups in total. The fourth-order valence-corrected chi connectivity index (χ4v) is 2.25. The lowest BCUT2D eigenvalue weighted by molar-refractivity contribution is 0.0924. The van der Waals surface area contributed by atoms with Gasteiger partial charge in [-0.25, -0.2) is 0 Å². The third-order valence-electron chi connectivity index (χ3n) is 2.56. The molecule has 0 saturated carbocycles. The number of carbonyl (C=O) groups excluding carboxylic acids is 1. The smallest absolute Gasteiger partial charge is 0.251 e. The van der Waals surface area contributed by atoms with Gasteiger partial charge in [0.25, 0.3) is 5.91 Å². The van der Waals surface area contributed by atoms with E-state index in [9.17, 15) is 4.79 Å². The highest BCUT2D eigenvalue weighted by atomic mass is 32.1. The second kappa shape index (κ2) is 5.80. The molecule has 3 nitrogen and oxygen atoms in total. The van der Waals surface area contributed by atoms with Crippen LogP contribution in [0.2, 0.25) is 0 Å². The summed E-state index contributed by atoms with van der Waals surface area (Å²) in [4.78, 5) is 11.7.